The lowest BCUT2D eigenvalue weighted by Crippen LogP contribution is -2.23. The molecule has 0 aliphatic carbocycles. The van der Waals surface area contributed by atoms with E-state index in [1.807, 2.05) is 53.9 Å². The summed E-state index contributed by atoms with van der Waals surface area (Å²) in [5, 5.41) is 18.1. The molecule has 142 valence electrons. The molecule has 0 radical (unpaired) electrons. The highest BCUT2D eigenvalue weighted by atomic mass is 32.1. The SMILES string of the molecule is O=c1c2c(-c3ccccc3O)csc2cnn1CCc1ccc2ccccc2n1. The van der Waals surface area contributed by atoms with Crippen LogP contribution in [-0.4, -0.2) is 19.9 Å². The Hall–Kier alpha value is -3.51. The van der Waals surface area contributed by atoms with E-state index in [-0.39, 0.29) is 11.3 Å². The van der Waals surface area contributed by atoms with Gasteiger partial charge in [0.05, 0.1) is 28.3 Å². The molecule has 0 aliphatic heterocycles. The average molecular weight is 399 g/mol. The molecule has 3 aromatic heterocycles. The first kappa shape index (κ1) is 17.6. The van der Waals surface area contributed by atoms with Crippen molar-refractivity contribution in [2.24, 2.45) is 0 Å². The van der Waals surface area contributed by atoms with E-state index < -0.39 is 0 Å². The summed E-state index contributed by atoms with van der Waals surface area (Å²) in [6.45, 7) is 0.441. The van der Waals surface area contributed by atoms with Crippen LogP contribution in [0, 0.1) is 0 Å². The number of hydrogen-bond donors (Lipinski definition) is 1. The van der Waals surface area contributed by atoms with Crippen LogP contribution in [0.4, 0.5) is 0 Å². The molecule has 1 N–H and O–H groups in total. The third kappa shape index (κ3) is 3.17. The molecule has 0 unspecified atom stereocenters. The van der Waals surface area contributed by atoms with Crippen molar-refractivity contribution in [3.8, 4) is 16.9 Å². The highest BCUT2D eigenvalue weighted by molar-refractivity contribution is 7.17. The van der Waals surface area contributed by atoms with E-state index >= 15 is 0 Å². The number of aryl methyl sites for hydroxylation is 2. The fourth-order valence-electron chi connectivity index (χ4n) is 3.52. The number of phenols is 1. The van der Waals surface area contributed by atoms with Gasteiger partial charge in [-0.05, 0) is 18.2 Å². The van der Waals surface area contributed by atoms with E-state index in [0.29, 0.717) is 23.9 Å². The Balaban J connectivity index is 1.50. The van der Waals surface area contributed by atoms with Crippen LogP contribution in [0.3, 0.4) is 0 Å². The van der Waals surface area contributed by atoms with E-state index in [0.717, 1.165) is 26.9 Å². The average Bonchev–Trinajstić information content (AvgIpc) is 3.18. The molecule has 0 atom stereocenters. The van der Waals surface area contributed by atoms with Crippen molar-refractivity contribution in [1.82, 2.24) is 14.8 Å². The first-order valence-electron chi connectivity index (χ1n) is 9.31. The van der Waals surface area contributed by atoms with Crippen molar-refractivity contribution in [2.45, 2.75) is 13.0 Å². The first-order valence-corrected chi connectivity index (χ1v) is 10.2. The van der Waals surface area contributed by atoms with E-state index in [1.165, 1.54) is 16.0 Å². The minimum Gasteiger partial charge on any atom is -0.507 e. The van der Waals surface area contributed by atoms with Crippen molar-refractivity contribution in [3.05, 3.63) is 88.3 Å². The molecule has 0 bridgehead atoms. The summed E-state index contributed by atoms with van der Waals surface area (Å²) < 4.78 is 2.29. The molecule has 0 spiro atoms. The van der Waals surface area contributed by atoms with Gasteiger partial charge in [0.25, 0.3) is 5.56 Å². The predicted octanol–water partition coefficient (Wildman–Crippen LogP) is 4.62. The van der Waals surface area contributed by atoms with Crippen LogP contribution >= 0.6 is 11.3 Å². The van der Waals surface area contributed by atoms with Gasteiger partial charge in [-0.15, -0.1) is 11.3 Å². The molecule has 5 nitrogen and oxygen atoms in total. The molecule has 0 saturated heterocycles. The summed E-state index contributed by atoms with van der Waals surface area (Å²) in [5.74, 6) is 0.162. The number of thiophene rings is 1. The molecule has 5 aromatic rings. The van der Waals surface area contributed by atoms with Crippen molar-refractivity contribution < 1.29 is 5.11 Å². The van der Waals surface area contributed by atoms with Crippen molar-refractivity contribution in [1.29, 1.82) is 0 Å². The topological polar surface area (TPSA) is 68.0 Å². The number of phenolic OH excluding ortho intramolecular Hbond substituents is 1. The molecular formula is C23H17N3O2S. The van der Waals surface area contributed by atoms with E-state index in [9.17, 15) is 9.90 Å². The Kier molecular flexibility index (Phi) is 4.33. The third-order valence-corrected chi connectivity index (χ3v) is 5.93. The number of hydrogen-bond acceptors (Lipinski definition) is 5. The summed E-state index contributed by atoms with van der Waals surface area (Å²) in [6, 6.07) is 19.1. The molecule has 5 rings (SSSR count). The van der Waals surface area contributed by atoms with Gasteiger partial charge in [-0.25, -0.2) is 4.68 Å². The van der Waals surface area contributed by atoms with Crippen LogP contribution in [0.25, 0.3) is 32.1 Å². The van der Waals surface area contributed by atoms with Gasteiger partial charge in [0.1, 0.15) is 5.75 Å². The second kappa shape index (κ2) is 7.14. The largest absolute Gasteiger partial charge is 0.507 e. The summed E-state index contributed by atoms with van der Waals surface area (Å²) in [5.41, 5.74) is 3.12. The third-order valence-electron chi connectivity index (χ3n) is 5.01. The standard InChI is InChI=1S/C23H17N3O2S/c27-20-8-4-2-6-17(20)18-14-29-21-13-24-26(23(28)22(18)21)12-11-16-10-9-15-5-1-3-7-19(15)25-16/h1-10,13-14,27H,11-12H2. The molecule has 0 amide bonds. The zero-order valence-corrected chi connectivity index (χ0v) is 16.3. The van der Waals surface area contributed by atoms with Gasteiger partial charge >= 0.3 is 0 Å². The lowest BCUT2D eigenvalue weighted by molar-refractivity contribution is 0.477. The van der Waals surface area contributed by atoms with Crippen LogP contribution in [0.1, 0.15) is 5.69 Å². The van der Waals surface area contributed by atoms with Crippen LogP contribution in [0.2, 0.25) is 0 Å². The molecule has 29 heavy (non-hydrogen) atoms. The number of fused-ring (bicyclic) bond motifs is 2. The lowest BCUT2D eigenvalue weighted by Gasteiger charge is -2.07. The van der Waals surface area contributed by atoms with Gasteiger partial charge in [0.15, 0.2) is 0 Å². The van der Waals surface area contributed by atoms with E-state index in [4.69, 9.17) is 0 Å². The molecule has 6 heteroatoms. The number of pyridine rings is 1. The van der Waals surface area contributed by atoms with Crippen LogP contribution in [0.15, 0.2) is 77.0 Å². The zero-order valence-electron chi connectivity index (χ0n) is 15.4. The second-order valence-corrected chi connectivity index (χ2v) is 7.74. The zero-order chi connectivity index (χ0) is 19.8. The van der Waals surface area contributed by atoms with Crippen LogP contribution < -0.4 is 5.56 Å². The number of benzene rings is 2. The fourth-order valence-corrected chi connectivity index (χ4v) is 4.43. The maximum atomic E-state index is 13.1. The van der Waals surface area contributed by atoms with Gasteiger partial charge < -0.3 is 5.11 Å². The number of rotatable bonds is 4. The van der Waals surface area contributed by atoms with Gasteiger partial charge in [0, 0.05) is 34.0 Å². The van der Waals surface area contributed by atoms with E-state index in [1.54, 1.807) is 18.3 Å². The molecule has 2 aromatic carbocycles. The van der Waals surface area contributed by atoms with Gasteiger partial charge in [0.2, 0.25) is 0 Å². The first-order chi connectivity index (χ1) is 14.2. The number of nitrogens with zero attached hydrogens (tertiary/aromatic N) is 3. The second-order valence-electron chi connectivity index (χ2n) is 6.82. The quantitative estimate of drug-likeness (QED) is 0.479. The predicted molar refractivity (Wildman–Crippen MR) is 116 cm³/mol. The van der Waals surface area contributed by atoms with Crippen molar-refractivity contribution in [3.63, 3.8) is 0 Å². The Morgan fingerprint density at radius 2 is 1.79 bits per heavy atom. The summed E-state index contributed by atoms with van der Waals surface area (Å²) in [7, 11) is 0. The van der Waals surface area contributed by atoms with Gasteiger partial charge in [-0.1, -0.05) is 42.5 Å². The Morgan fingerprint density at radius 3 is 2.69 bits per heavy atom. The Morgan fingerprint density at radius 1 is 0.966 bits per heavy atom. The van der Waals surface area contributed by atoms with E-state index in [2.05, 4.69) is 10.1 Å². The minimum absolute atomic E-state index is 0.150. The number of para-hydroxylation sites is 2. The molecule has 3 heterocycles. The van der Waals surface area contributed by atoms with Crippen molar-refractivity contribution >= 4 is 32.3 Å². The smallest absolute Gasteiger partial charge is 0.276 e. The summed E-state index contributed by atoms with van der Waals surface area (Å²) >= 11 is 1.46. The minimum atomic E-state index is -0.150. The monoisotopic (exact) mass is 399 g/mol. The molecule has 0 saturated carbocycles. The highest BCUT2D eigenvalue weighted by Gasteiger charge is 2.15. The van der Waals surface area contributed by atoms with Crippen molar-refractivity contribution in [2.75, 3.05) is 0 Å². The summed E-state index contributed by atoms with van der Waals surface area (Å²) in [4.78, 5) is 17.8. The fraction of sp³-hybridized carbons (Fsp3) is 0.0870. The maximum Gasteiger partial charge on any atom is 0.276 e. The normalized spacial score (nSPS) is 11.3. The Labute approximate surface area is 170 Å². The van der Waals surface area contributed by atoms with Crippen LogP contribution in [0.5, 0.6) is 5.75 Å². The van der Waals surface area contributed by atoms with Gasteiger partial charge in [-0.3, -0.25) is 9.78 Å². The summed E-state index contributed by atoms with van der Waals surface area (Å²) in [6.07, 6.45) is 2.33. The Bertz CT molecular complexity index is 1400. The molecule has 0 fully saturated rings. The highest BCUT2D eigenvalue weighted by Crippen LogP contribution is 2.36. The molecule has 0 aliphatic rings. The van der Waals surface area contributed by atoms with Crippen LogP contribution in [-0.2, 0) is 13.0 Å². The number of aromatic nitrogens is 3. The number of aromatic hydroxyl groups is 1. The molecular weight excluding hydrogens is 382 g/mol. The maximum absolute atomic E-state index is 13.1. The lowest BCUT2D eigenvalue weighted by atomic mass is 10.1. The van der Waals surface area contributed by atoms with Gasteiger partial charge in [-0.2, -0.15) is 5.10 Å².